The van der Waals surface area contributed by atoms with Crippen LogP contribution in [0.25, 0.3) is 11.0 Å². The molecule has 3 aromatic rings. The maximum Gasteiger partial charge on any atom is 0.271 e. The molecule has 0 saturated carbocycles. The van der Waals surface area contributed by atoms with Crippen LogP contribution in [0.3, 0.4) is 0 Å². The molecule has 1 unspecified atom stereocenters. The van der Waals surface area contributed by atoms with Gasteiger partial charge in [-0.25, -0.2) is 9.97 Å². The van der Waals surface area contributed by atoms with Crippen LogP contribution in [-0.4, -0.2) is 37.8 Å². The lowest BCUT2D eigenvalue weighted by Crippen LogP contribution is -2.39. The molecule has 6 N–H and O–H groups in total. The molecule has 0 aromatic carbocycles. The minimum absolute atomic E-state index is 0.0492. The number of nitrogens with one attached hydrogen (secondary N) is 2. The molecule has 0 saturated heterocycles. The van der Waals surface area contributed by atoms with E-state index in [1.54, 1.807) is 24.5 Å². The van der Waals surface area contributed by atoms with E-state index in [1.165, 1.54) is 6.20 Å². The number of primary amides is 2. The number of aromatic nitrogens is 4. The first-order chi connectivity index (χ1) is 13.3. The second-order valence-electron chi connectivity index (χ2n) is 6.48. The van der Waals surface area contributed by atoms with Crippen molar-refractivity contribution in [3.8, 4) is 0 Å². The summed E-state index contributed by atoms with van der Waals surface area (Å²) < 4.78 is 0. The van der Waals surface area contributed by atoms with Crippen LogP contribution in [0, 0.1) is 5.92 Å². The van der Waals surface area contributed by atoms with Crippen LogP contribution in [0.2, 0.25) is 0 Å². The number of nitrogens with zero attached hydrogens (tertiary/aromatic N) is 4. The highest BCUT2D eigenvalue weighted by atomic mass is 16.1. The zero-order chi connectivity index (χ0) is 20.3. The van der Waals surface area contributed by atoms with Crippen molar-refractivity contribution in [3.63, 3.8) is 0 Å². The third-order valence-electron chi connectivity index (χ3n) is 4.00. The second kappa shape index (κ2) is 7.82. The van der Waals surface area contributed by atoms with Crippen molar-refractivity contribution in [3.05, 3.63) is 42.5 Å². The number of nitrogens with two attached hydrogens (primary N) is 2. The topological polar surface area (TPSA) is 162 Å². The molecular weight excluding hydrogens is 360 g/mol. The fraction of sp³-hybridized carbons (Fsp3) is 0.222. The van der Waals surface area contributed by atoms with Gasteiger partial charge in [0.2, 0.25) is 5.91 Å². The molecule has 0 fully saturated rings. The van der Waals surface area contributed by atoms with E-state index in [4.69, 9.17) is 11.5 Å². The first kappa shape index (κ1) is 19.0. The number of amides is 2. The Balaban J connectivity index is 1.95. The smallest absolute Gasteiger partial charge is 0.271 e. The fourth-order valence-corrected chi connectivity index (χ4v) is 2.61. The standard InChI is InChI=1S/C18H20N8O2/c1-9(2)14(16(19)27)25-13-8-23-15(17(20)28)18(26-13)24-10-6-12-11(22-7-10)4-3-5-21-12/h3-9,14H,1-2H3,(H2,19,27)(H2,20,28)(H2,24,25,26). The Kier molecular flexibility index (Phi) is 5.30. The monoisotopic (exact) mass is 380 g/mol. The lowest BCUT2D eigenvalue weighted by Gasteiger charge is -2.20. The van der Waals surface area contributed by atoms with Crippen LogP contribution in [-0.2, 0) is 4.79 Å². The molecule has 0 aliphatic heterocycles. The van der Waals surface area contributed by atoms with Gasteiger partial charge in [-0.1, -0.05) is 13.8 Å². The first-order valence-corrected chi connectivity index (χ1v) is 8.55. The molecule has 28 heavy (non-hydrogen) atoms. The van der Waals surface area contributed by atoms with Crippen LogP contribution >= 0.6 is 0 Å². The number of carbonyl (C=O) groups is 2. The predicted octanol–water partition coefficient (Wildman–Crippen LogP) is 1.18. The Morgan fingerprint density at radius 1 is 1.07 bits per heavy atom. The summed E-state index contributed by atoms with van der Waals surface area (Å²) in [4.78, 5) is 40.3. The molecular formula is C18H20N8O2. The minimum Gasteiger partial charge on any atom is -0.368 e. The van der Waals surface area contributed by atoms with Crippen molar-refractivity contribution in [2.75, 3.05) is 10.6 Å². The first-order valence-electron chi connectivity index (χ1n) is 8.55. The van der Waals surface area contributed by atoms with Crippen LogP contribution in [0.15, 0.2) is 36.8 Å². The molecule has 0 radical (unpaired) electrons. The molecule has 0 aliphatic carbocycles. The van der Waals surface area contributed by atoms with E-state index in [1.807, 2.05) is 19.9 Å². The molecule has 10 heteroatoms. The number of fused-ring (bicyclic) bond motifs is 1. The highest BCUT2D eigenvalue weighted by Gasteiger charge is 2.21. The molecule has 1 atom stereocenters. The van der Waals surface area contributed by atoms with Gasteiger partial charge in [-0.2, -0.15) is 0 Å². The zero-order valence-electron chi connectivity index (χ0n) is 15.4. The summed E-state index contributed by atoms with van der Waals surface area (Å²) in [6.45, 7) is 3.70. The van der Waals surface area contributed by atoms with E-state index in [9.17, 15) is 9.59 Å². The van der Waals surface area contributed by atoms with E-state index in [0.29, 0.717) is 11.2 Å². The van der Waals surface area contributed by atoms with Crippen molar-refractivity contribution in [1.82, 2.24) is 19.9 Å². The maximum absolute atomic E-state index is 11.7. The number of hydrogen-bond donors (Lipinski definition) is 4. The lowest BCUT2D eigenvalue weighted by atomic mass is 10.0. The molecule has 2 amide bonds. The van der Waals surface area contributed by atoms with Gasteiger partial charge < -0.3 is 22.1 Å². The van der Waals surface area contributed by atoms with Crippen LogP contribution in [0.4, 0.5) is 17.3 Å². The van der Waals surface area contributed by atoms with Gasteiger partial charge in [-0.15, -0.1) is 0 Å². The van der Waals surface area contributed by atoms with Crippen LogP contribution < -0.4 is 22.1 Å². The molecule has 0 spiro atoms. The Morgan fingerprint density at radius 3 is 2.54 bits per heavy atom. The van der Waals surface area contributed by atoms with Crippen molar-refractivity contribution in [2.24, 2.45) is 17.4 Å². The van der Waals surface area contributed by atoms with Gasteiger partial charge in [0.15, 0.2) is 11.5 Å². The highest BCUT2D eigenvalue weighted by molar-refractivity contribution is 5.96. The largest absolute Gasteiger partial charge is 0.368 e. The fourth-order valence-electron chi connectivity index (χ4n) is 2.61. The van der Waals surface area contributed by atoms with Gasteiger partial charge in [-0.05, 0) is 24.1 Å². The molecule has 3 rings (SSSR count). The average molecular weight is 380 g/mol. The predicted molar refractivity (Wildman–Crippen MR) is 105 cm³/mol. The van der Waals surface area contributed by atoms with Gasteiger partial charge in [0, 0.05) is 6.20 Å². The number of anilines is 3. The third-order valence-corrected chi connectivity index (χ3v) is 4.00. The summed E-state index contributed by atoms with van der Waals surface area (Å²) in [6, 6.07) is 4.74. The second-order valence-corrected chi connectivity index (χ2v) is 6.48. The van der Waals surface area contributed by atoms with Gasteiger partial charge >= 0.3 is 0 Å². The third kappa shape index (κ3) is 4.11. The maximum atomic E-state index is 11.7. The molecule has 0 aliphatic rings. The molecule has 3 heterocycles. The molecule has 3 aromatic heterocycles. The van der Waals surface area contributed by atoms with E-state index < -0.39 is 17.9 Å². The number of pyridine rings is 2. The summed E-state index contributed by atoms with van der Waals surface area (Å²) in [5.41, 5.74) is 12.7. The highest BCUT2D eigenvalue weighted by Crippen LogP contribution is 2.22. The summed E-state index contributed by atoms with van der Waals surface area (Å²) in [5.74, 6) is -0.931. The van der Waals surface area contributed by atoms with Gasteiger partial charge in [0.05, 0.1) is 29.1 Å². The van der Waals surface area contributed by atoms with E-state index in [2.05, 4.69) is 30.6 Å². The summed E-state index contributed by atoms with van der Waals surface area (Å²) in [6.07, 6.45) is 4.56. The van der Waals surface area contributed by atoms with Crippen LogP contribution in [0.1, 0.15) is 24.3 Å². The van der Waals surface area contributed by atoms with Gasteiger partial charge in [0.1, 0.15) is 11.9 Å². The summed E-state index contributed by atoms with van der Waals surface area (Å²) >= 11 is 0. The molecule has 0 bridgehead atoms. The van der Waals surface area contributed by atoms with Crippen molar-refractivity contribution in [1.29, 1.82) is 0 Å². The lowest BCUT2D eigenvalue weighted by molar-refractivity contribution is -0.119. The zero-order valence-corrected chi connectivity index (χ0v) is 15.4. The Hall–Kier alpha value is -3.82. The van der Waals surface area contributed by atoms with Gasteiger partial charge in [-0.3, -0.25) is 19.6 Å². The SMILES string of the molecule is CC(C)C(Nc1cnc(C(N)=O)c(Nc2cnc3cccnc3c2)n1)C(N)=O. The Bertz CT molecular complexity index is 1040. The minimum atomic E-state index is -0.747. The molecule has 10 nitrogen and oxygen atoms in total. The average Bonchev–Trinajstić information content (AvgIpc) is 2.65. The number of rotatable bonds is 7. The molecule has 144 valence electrons. The van der Waals surface area contributed by atoms with E-state index >= 15 is 0 Å². The van der Waals surface area contributed by atoms with Crippen molar-refractivity contribution in [2.45, 2.75) is 19.9 Å². The summed E-state index contributed by atoms with van der Waals surface area (Å²) in [5, 5.41) is 5.92. The van der Waals surface area contributed by atoms with Gasteiger partial charge in [0.25, 0.3) is 5.91 Å². The van der Waals surface area contributed by atoms with E-state index in [0.717, 1.165) is 5.52 Å². The number of carbonyl (C=O) groups excluding carboxylic acids is 2. The number of hydrogen-bond acceptors (Lipinski definition) is 8. The summed E-state index contributed by atoms with van der Waals surface area (Å²) in [7, 11) is 0. The Morgan fingerprint density at radius 2 is 1.86 bits per heavy atom. The van der Waals surface area contributed by atoms with E-state index in [-0.39, 0.29) is 23.2 Å². The van der Waals surface area contributed by atoms with Crippen molar-refractivity contribution >= 4 is 40.2 Å². The Labute approximate surface area is 160 Å². The van der Waals surface area contributed by atoms with Crippen LogP contribution in [0.5, 0.6) is 0 Å². The quantitative estimate of drug-likeness (QED) is 0.475. The van der Waals surface area contributed by atoms with Crippen molar-refractivity contribution < 1.29 is 9.59 Å². The normalized spacial score (nSPS) is 12.0.